The van der Waals surface area contributed by atoms with E-state index in [2.05, 4.69) is 0 Å². The van der Waals surface area contributed by atoms with E-state index in [1.54, 1.807) is 0 Å². The zero-order chi connectivity index (χ0) is 13.2. The van der Waals surface area contributed by atoms with Crippen molar-refractivity contribution in [3.63, 3.8) is 0 Å². The van der Waals surface area contributed by atoms with Crippen molar-refractivity contribution in [2.45, 2.75) is 70.5 Å². The molecule has 0 bridgehead atoms. The second kappa shape index (κ2) is 5.70. The Bertz CT molecular complexity index is 287. The van der Waals surface area contributed by atoms with Crippen LogP contribution in [0.4, 0.5) is 0 Å². The third-order valence-corrected chi connectivity index (χ3v) is 4.58. The van der Waals surface area contributed by atoms with Crippen LogP contribution in [0.25, 0.3) is 0 Å². The number of aliphatic hydroxyl groups excluding tert-OH is 1. The smallest absolute Gasteiger partial charge is 0.164 e. The highest BCUT2D eigenvalue weighted by Gasteiger charge is 2.42. The molecule has 1 N–H and O–H groups in total. The molecule has 0 radical (unpaired) electrons. The molecule has 1 aliphatic heterocycles. The summed E-state index contributed by atoms with van der Waals surface area (Å²) in [5, 5.41) is 9.94. The van der Waals surface area contributed by atoms with Gasteiger partial charge in [-0.15, -0.1) is 0 Å². The SMILES string of the molecule is CC(C)C(O)C(=O)C1CCOC2(CCCCC2)C1. The highest BCUT2D eigenvalue weighted by molar-refractivity contribution is 5.85. The third-order valence-electron chi connectivity index (χ3n) is 4.58. The van der Waals surface area contributed by atoms with Crippen molar-refractivity contribution >= 4 is 5.78 Å². The molecule has 1 spiro atoms. The predicted octanol–water partition coefficient (Wildman–Crippen LogP) is 2.70. The van der Waals surface area contributed by atoms with Crippen molar-refractivity contribution < 1.29 is 14.6 Å². The molecule has 2 unspecified atom stereocenters. The number of carbonyl (C=O) groups is 1. The normalized spacial score (nSPS) is 29.4. The quantitative estimate of drug-likeness (QED) is 0.842. The van der Waals surface area contributed by atoms with Gasteiger partial charge in [-0.05, 0) is 31.6 Å². The van der Waals surface area contributed by atoms with E-state index in [9.17, 15) is 9.90 Å². The standard InChI is InChI=1S/C15H26O3/c1-11(2)13(16)14(17)12-6-9-18-15(10-12)7-4-3-5-8-15/h11-13,16H,3-10H2,1-2H3. The van der Waals surface area contributed by atoms with E-state index in [0.29, 0.717) is 6.61 Å². The van der Waals surface area contributed by atoms with E-state index in [1.807, 2.05) is 13.8 Å². The van der Waals surface area contributed by atoms with Gasteiger partial charge in [0, 0.05) is 12.5 Å². The second-order valence-corrected chi connectivity index (χ2v) is 6.37. The average Bonchev–Trinajstić information content (AvgIpc) is 2.38. The van der Waals surface area contributed by atoms with Crippen molar-refractivity contribution in [2.24, 2.45) is 11.8 Å². The Hall–Kier alpha value is -0.410. The van der Waals surface area contributed by atoms with Crippen LogP contribution < -0.4 is 0 Å². The molecule has 1 heterocycles. The van der Waals surface area contributed by atoms with Crippen molar-refractivity contribution in [2.75, 3.05) is 6.61 Å². The Morgan fingerprint density at radius 3 is 2.56 bits per heavy atom. The molecule has 3 nitrogen and oxygen atoms in total. The summed E-state index contributed by atoms with van der Waals surface area (Å²) in [6.07, 6.45) is 6.72. The number of carbonyl (C=O) groups excluding carboxylic acids is 1. The van der Waals surface area contributed by atoms with E-state index in [1.165, 1.54) is 19.3 Å². The summed E-state index contributed by atoms with van der Waals surface area (Å²) in [6, 6.07) is 0. The fourth-order valence-electron chi connectivity index (χ4n) is 3.39. The molecule has 2 atom stereocenters. The topological polar surface area (TPSA) is 46.5 Å². The van der Waals surface area contributed by atoms with Crippen LogP contribution in [0.15, 0.2) is 0 Å². The lowest BCUT2D eigenvalue weighted by Crippen LogP contribution is -2.45. The third kappa shape index (κ3) is 2.94. The lowest BCUT2D eigenvalue weighted by Gasteiger charge is -2.43. The van der Waals surface area contributed by atoms with Gasteiger partial charge in [0.05, 0.1) is 5.60 Å². The minimum absolute atomic E-state index is 0.00856. The van der Waals surface area contributed by atoms with Crippen LogP contribution in [0.2, 0.25) is 0 Å². The van der Waals surface area contributed by atoms with E-state index < -0.39 is 6.10 Å². The Kier molecular flexibility index (Phi) is 4.44. The second-order valence-electron chi connectivity index (χ2n) is 6.37. The van der Waals surface area contributed by atoms with E-state index in [4.69, 9.17) is 4.74 Å². The fraction of sp³-hybridized carbons (Fsp3) is 0.933. The number of hydrogen-bond acceptors (Lipinski definition) is 3. The summed E-state index contributed by atoms with van der Waals surface area (Å²) in [6.45, 7) is 4.48. The van der Waals surface area contributed by atoms with E-state index in [-0.39, 0.29) is 23.2 Å². The molecule has 1 saturated heterocycles. The molecule has 18 heavy (non-hydrogen) atoms. The lowest BCUT2D eigenvalue weighted by atomic mass is 9.74. The predicted molar refractivity (Wildman–Crippen MR) is 70.3 cm³/mol. The summed E-state index contributed by atoms with van der Waals surface area (Å²) in [5.74, 6) is 0.0650. The van der Waals surface area contributed by atoms with Gasteiger partial charge in [-0.1, -0.05) is 33.1 Å². The van der Waals surface area contributed by atoms with Crippen LogP contribution in [-0.4, -0.2) is 29.2 Å². The fourth-order valence-corrected chi connectivity index (χ4v) is 3.39. The van der Waals surface area contributed by atoms with Gasteiger partial charge in [0.25, 0.3) is 0 Å². The monoisotopic (exact) mass is 254 g/mol. The molecule has 3 heteroatoms. The van der Waals surface area contributed by atoms with Crippen molar-refractivity contribution in [1.82, 2.24) is 0 Å². The number of ketones is 1. The Morgan fingerprint density at radius 1 is 1.28 bits per heavy atom. The van der Waals surface area contributed by atoms with Gasteiger partial charge in [0.2, 0.25) is 0 Å². The van der Waals surface area contributed by atoms with E-state index >= 15 is 0 Å². The molecule has 104 valence electrons. The first-order valence-corrected chi connectivity index (χ1v) is 7.40. The van der Waals surface area contributed by atoms with Crippen LogP contribution in [0.5, 0.6) is 0 Å². The van der Waals surface area contributed by atoms with Crippen LogP contribution >= 0.6 is 0 Å². The average molecular weight is 254 g/mol. The lowest BCUT2D eigenvalue weighted by molar-refractivity contribution is -0.151. The maximum absolute atomic E-state index is 12.3. The van der Waals surface area contributed by atoms with Gasteiger partial charge in [0.1, 0.15) is 6.10 Å². The number of hydrogen-bond donors (Lipinski definition) is 1. The number of aliphatic hydroxyl groups is 1. The minimum Gasteiger partial charge on any atom is -0.385 e. The molecule has 0 aromatic rings. The summed E-state index contributed by atoms with van der Waals surface area (Å²) >= 11 is 0. The summed E-state index contributed by atoms with van der Waals surface area (Å²) in [5.41, 5.74) is -0.0481. The van der Waals surface area contributed by atoms with E-state index in [0.717, 1.165) is 25.7 Å². The summed E-state index contributed by atoms with van der Waals surface area (Å²) in [4.78, 5) is 12.3. The van der Waals surface area contributed by atoms with Gasteiger partial charge in [-0.25, -0.2) is 0 Å². The molecule has 2 aliphatic rings. The van der Waals surface area contributed by atoms with Crippen LogP contribution in [0.1, 0.15) is 58.8 Å². The van der Waals surface area contributed by atoms with Gasteiger partial charge in [0.15, 0.2) is 5.78 Å². The highest BCUT2D eigenvalue weighted by Crippen LogP contribution is 2.41. The van der Waals surface area contributed by atoms with Crippen LogP contribution in [0.3, 0.4) is 0 Å². The zero-order valence-electron chi connectivity index (χ0n) is 11.7. The molecular formula is C15H26O3. The van der Waals surface area contributed by atoms with Crippen molar-refractivity contribution in [3.8, 4) is 0 Å². The Balaban J connectivity index is 1.99. The Morgan fingerprint density at radius 2 is 1.94 bits per heavy atom. The molecule has 0 aromatic carbocycles. The minimum atomic E-state index is -0.797. The maximum Gasteiger partial charge on any atom is 0.164 e. The molecule has 2 rings (SSSR count). The molecule has 1 saturated carbocycles. The van der Waals surface area contributed by atoms with Crippen molar-refractivity contribution in [3.05, 3.63) is 0 Å². The zero-order valence-corrected chi connectivity index (χ0v) is 11.7. The summed E-state index contributed by atoms with van der Waals surface area (Å²) in [7, 11) is 0. The van der Waals surface area contributed by atoms with Crippen molar-refractivity contribution in [1.29, 1.82) is 0 Å². The highest BCUT2D eigenvalue weighted by atomic mass is 16.5. The maximum atomic E-state index is 12.3. The van der Waals surface area contributed by atoms with Crippen LogP contribution in [-0.2, 0) is 9.53 Å². The Labute approximate surface area is 110 Å². The van der Waals surface area contributed by atoms with Crippen LogP contribution in [0, 0.1) is 11.8 Å². The van der Waals surface area contributed by atoms with Gasteiger partial charge < -0.3 is 9.84 Å². The number of Topliss-reactive ketones (excluding diaryl/α,β-unsaturated/α-hetero) is 1. The first kappa shape index (κ1) is 14.0. The first-order valence-electron chi connectivity index (χ1n) is 7.40. The molecular weight excluding hydrogens is 228 g/mol. The molecule has 0 amide bonds. The molecule has 2 fully saturated rings. The van der Waals surface area contributed by atoms with Gasteiger partial charge >= 0.3 is 0 Å². The molecule has 0 aromatic heterocycles. The first-order chi connectivity index (χ1) is 8.54. The number of ether oxygens (including phenoxy) is 1. The summed E-state index contributed by atoms with van der Waals surface area (Å²) < 4.78 is 5.99. The molecule has 1 aliphatic carbocycles. The van der Waals surface area contributed by atoms with Gasteiger partial charge in [-0.3, -0.25) is 4.79 Å². The largest absolute Gasteiger partial charge is 0.385 e. The number of rotatable bonds is 3. The van der Waals surface area contributed by atoms with Gasteiger partial charge in [-0.2, -0.15) is 0 Å².